The first-order valence-electron chi connectivity index (χ1n) is 10.0. The second-order valence-electron chi connectivity index (χ2n) is 7.40. The number of benzene rings is 2. The molecule has 1 aromatic heterocycles. The lowest BCUT2D eigenvalue weighted by molar-refractivity contribution is -0.119. The largest absolute Gasteiger partial charge is 0.442 e. The molecule has 2 aromatic carbocycles. The number of aromatic nitrogens is 2. The Labute approximate surface area is 186 Å². The molecule has 10 heteroatoms. The molecule has 7 nitrogen and oxygen atoms in total. The van der Waals surface area contributed by atoms with Gasteiger partial charge in [-0.25, -0.2) is 22.9 Å². The fraction of sp³-hybridized carbons (Fsp3) is 0.174. The van der Waals surface area contributed by atoms with E-state index < -0.39 is 29.6 Å². The highest BCUT2D eigenvalue weighted by molar-refractivity contribution is 5.90. The maximum absolute atomic E-state index is 14.8. The third-order valence-electron chi connectivity index (χ3n) is 4.97. The molecular formula is C23H19F3N4O3. The maximum Gasteiger partial charge on any atom is 0.414 e. The molecule has 0 unspecified atom stereocenters. The van der Waals surface area contributed by atoms with E-state index in [-0.39, 0.29) is 35.9 Å². The Morgan fingerprint density at radius 1 is 1.21 bits per heavy atom. The minimum Gasteiger partial charge on any atom is -0.442 e. The fourth-order valence-electron chi connectivity index (χ4n) is 3.33. The van der Waals surface area contributed by atoms with Gasteiger partial charge in [0.05, 0.1) is 36.2 Å². The van der Waals surface area contributed by atoms with Crippen molar-refractivity contribution in [1.82, 2.24) is 15.3 Å². The first-order valence-corrected chi connectivity index (χ1v) is 10.0. The van der Waals surface area contributed by atoms with E-state index in [4.69, 9.17) is 4.74 Å². The Kier molecular flexibility index (Phi) is 6.16. The standard InChI is InChI=1S/C23H19F3N4O3/c1-13(31)27-11-18-12-30(23(32)33-18)17-6-7-19(21(26)9-17)22-28-10-16(29-22)5-3-14-2-4-15(24)8-20(14)25/h2-10,18H,11-12H2,1H3,(H,27,31)(H,28,29)/t18-/m0/s1. The summed E-state index contributed by atoms with van der Waals surface area (Å²) in [6, 6.07) is 7.48. The predicted octanol–water partition coefficient (Wildman–Crippen LogP) is 4.13. The summed E-state index contributed by atoms with van der Waals surface area (Å²) in [5.74, 6) is -1.98. The highest BCUT2D eigenvalue weighted by atomic mass is 19.1. The first kappa shape index (κ1) is 22.1. The van der Waals surface area contributed by atoms with Crippen LogP contribution in [0.2, 0.25) is 0 Å². The van der Waals surface area contributed by atoms with Gasteiger partial charge in [0.2, 0.25) is 5.91 Å². The number of hydrogen-bond donors (Lipinski definition) is 2. The van der Waals surface area contributed by atoms with E-state index in [1.54, 1.807) is 6.07 Å². The molecule has 3 aromatic rings. The predicted molar refractivity (Wildman–Crippen MR) is 116 cm³/mol. The number of hydrogen-bond acceptors (Lipinski definition) is 4. The third-order valence-corrected chi connectivity index (χ3v) is 4.97. The molecule has 0 radical (unpaired) electrons. The quantitative estimate of drug-likeness (QED) is 0.584. The minimum absolute atomic E-state index is 0.169. The van der Waals surface area contributed by atoms with E-state index in [0.717, 1.165) is 12.1 Å². The molecule has 1 aliphatic heterocycles. The number of amides is 2. The van der Waals surface area contributed by atoms with E-state index in [0.29, 0.717) is 11.4 Å². The number of cyclic esters (lactones) is 1. The Hall–Kier alpha value is -4.08. The van der Waals surface area contributed by atoms with E-state index in [1.807, 2.05) is 0 Å². The first-order chi connectivity index (χ1) is 15.8. The van der Waals surface area contributed by atoms with Crippen LogP contribution in [0.25, 0.3) is 23.5 Å². The van der Waals surface area contributed by atoms with Gasteiger partial charge in [0.1, 0.15) is 29.4 Å². The number of aromatic amines is 1. The van der Waals surface area contributed by atoms with Crippen LogP contribution in [0.3, 0.4) is 0 Å². The Balaban J connectivity index is 1.48. The lowest BCUT2D eigenvalue weighted by atomic mass is 10.1. The molecular weight excluding hydrogens is 437 g/mol. The molecule has 4 rings (SSSR count). The second kappa shape index (κ2) is 9.19. The van der Waals surface area contributed by atoms with Gasteiger partial charge in [0.25, 0.3) is 0 Å². The number of imidazole rings is 1. The summed E-state index contributed by atoms with van der Waals surface area (Å²) in [5.41, 5.74) is 1.16. The van der Waals surface area contributed by atoms with Gasteiger partial charge >= 0.3 is 6.09 Å². The summed E-state index contributed by atoms with van der Waals surface area (Å²) in [6.45, 7) is 1.70. The number of ether oxygens (including phenoxy) is 1. The van der Waals surface area contributed by atoms with Gasteiger partial charge in [-0.05, 0) is 42.5 Å². The van der Waals surface area contributed by atoms with Gasteiger partial charge in [-0.3, -0.25) is 9.69 Å². The number of nitrogens with zero attached hydrogens (tertiary/aromatic N) is 2. The fourth-order valence-corrected chi connectivity index (χ4v) is 3.33. The summed E-state index contributed by atoms with van der Waals surface area (Å²) in [6.07, 6.45) is 3.27. The summed E-state index contributed by atoms with van der Waals surface area (Å²) in [4.78, 5) is 31.5. The van der Waals surface area contributed by atoms with Crippen LogP contribution in [0.4, 0.5) is 23.7 Å². The number of anilines is 1. The molecule has 170 valence electrons. The van der Waals surface area contributed by atoms with Crippen LogP contribution < -0.4 is 10.2 Å². The SMILES string of the molecule is CC(=O)NC[C@H]1CN(c2ccc(-c3ncc(C=Cc4ccc(F)cc4F)[nH]3)c(F)c2)C(=O)O1. The van der Waals surface area contributed by atoms with Crippen molar-refractivity contribution in [2.45, 2.75) is 13.0 Å². The molecule has 2 heterocycles. The number of carbonyl (C=O) groups is 2. The molecule has 0 bridgehead atoms. The normalized spacial score (nSPS) is 15.8. The summed E-state index contributed by atoms with van der Waals surface area (Å²) in [7, 11) is 0. The van der Waals surface area contributed by atoms with Crippen molar-refractivity contribution >= 4 is 29.8 Å². The van der Waals surface area contributed by atoms with E-state index in [1.165, 1.54) is 48.4 Å². The number of rotatable bonds is 6. The van der Waals surface area contributed by atoms with Crippen molar-refractivity contribution in [3.8, 4) is 11.4 Å². The zero-order valence-electron chi connectivity index (χ0n) is 17.4. The molecule has 1 atom stereocenters. The van der Waals surface area contributed by atoms with Gasteiger partial charge in [0.15, 0.2) is 0 Å². The van der Waals surface area contributed by atoms with Crippen molar-refractivity contribution in [3.05, 3.63) is 71.3 Å². The van der Waals surface area contributed by atoms with Crippen molar-refractivity contribution in [2.75, 3.05) is 18.0 Å². The van der Waals surface area contributed by atoms with Gasteiger partial charge < -0.3 is 15.0 Å². The van der Waals surface area contributed by atoms with E-state index in [9.17, 15) is 22.8 Å². The van der Waals surface area contributed by atoms with Gasteiger partial charge in [-0.1, -0.05) is 0 Å². The maximum atomic E-state index is 14.8. The van der Waals surface area contributed by atoms with Crippen molar-refractivity contribution < 1.29 is 27.5 Å². The summed E-state index contributed by atoms with van der Waals surface area (Å²) >= 11 is 0. The van der Waals surface area contributed by atoms with Crippen LogP contribution in [0.1, 0.15) is 18.2 Å². The van der Waals surface area contributed by atoms with Crippen molar-refractivity contribution in [1.29, 1.82) is 0 Å². The van der Waals surface area contributed by atoms with Crippen LogP contribution in [0.5, 0.6) is 0 Å². The number of H-pyrrole nitrogens is 1. The monoisotopic (exact) mass is 456 g/mol. The Bertz CT molecular complexity index is 1240. The number of carbonyl (C=O) groups excluding carboxylic acids is 2. The van der Waals surface area contributed by atoms with Gasteiger partial charge in [-0.15, -0.1) is 0 Å². The van der Waals surface area contributed by atoms with Crippen LogP contribution in [-0.2, 0) is 9.53 Å². The van der Waals surface area contributed by atoms with Gasteiger partial charge in [0, 0.05) is 18.6 Å². The summed E-state index contributed by atoms with van der Waals surface area (Å²) < 4.78 is 46.8. The zero-order chi connectivity index (χ0) is 23.5. The molecule has 0 saturated carbocycles. The average molecular weight is 456 g/mol. The minimum atomic E-state index is -0.702. The smallest absolute Gasteiger partial charge is 0.414 e. The molecule has 1 fully saturated rings. The zero-order valence-corrected chi connectivity index (χ0v) is 17.4. The molecule has 1 aliphatic rings. The van der Waals surface area contributed by atoms with Crippen LogP contribution in [-0.4, -0.2) is 41.2 Å². The molecule has 33 heavy (non-hydrogen) atoms. The van der Waals surface area contributed by atoms with E-state index >= 15 is 0 Å². The Morgan fingerprint density at radius 3 is 2.76 bits per heavy atom. The topological polar surface area (TPSA) is 87.3 Å². The van der Waals surface area contributed by atoms with Gasteiger partial charge in [-0.2, -0.15) is 0 Å². The lowest BCUT2D eigenvalue weighted by Gasteiger charge is -2.14. The van der Waals surface area contributed by atoms with Crippen LogP contribution in [0.15, 0.2) is 42.6 Å². The van der Waals surface area contributed by atoms with Crippen LogP contribution in [0, 0.1) is 17.5 Å². The van der Waals surface area contributed by atoms with Crippen LogP contribution >= 0.6 is 0 Å². The Morgan fingerprint density at radius 2 is 2.03 bits per heavy atom. The van der Waals surface area contributed by atoms with E-state index in [2.05, 4.69) is 15.3 Å². The molecule has 2 amide bonds. The molecule has 0 spiro atoms. The highest BCUT2D eigenvalue weighted by Crippen LogP contribution is 2.28. The number of halogens is 3. The third kappa shape index (κ3) is 5.05. The summed E-state index contributed by atoms with van der Waals surface area (Å²) in [5, 5.41) is 2.58. The average Bonchev–Trinajstić information content (AvgIpc) is 3.38. The molecule has 0 aliphatic carbocycles. The second-order valence-corrected chi connectivity index (χ2v) is 7.40. The molecule has 2 N–H and O–H groups in total. The highest BCUT2D eigenvalue weighted by Gasteiger charge is 2.32. The molecule has 1 saturated heterocycles. The lowest BCUT2D eigenvalue weighted by Crippen LogP contribution is -2.33. The number of nitrogens with one attached hydrogen (secondary N) is 2. The van der Waals surface area contributed by atoms with Crippen molar-refractivity contribution in [2.24, 2.45) is 0 Å². The van der Waals surface area contributed by atoms with Crippen molar-refractivity contribution in [3.63, 3.8) is 0 Å².